The number of halogens is 1. The number of hydrogen-bond donors (Lipinski definition) is 1. The molecule has 0 atom stereocenters. The van der Waals surface area contributed by atoms with E-state index in [4.69, 9.17) is 21.1 Å². The minimum atomic E-state index is -0.366. The summed E-state index contributed by atoms with van der Waals surface area (Å²) in [6.45, 7) is 4.25. The van der Waals surface area contributed by atoms with Crippen LogP contribution in [0, 0.1) is 13.8 Å². The molecule has 0 heterocycles. The van der Waals surface area contributed by atoms with Crippen molar-refractivity contribution in [3.8, 4) is 11.5 Å². The average Bonchev–Trinajstić information content (AvgIpc) is 2.87. The highest BCUT2D eigenvalue weighted by molar-refractivity contribution is 6.31. The van der Waals surface area contributed by atoms with Gasteiger partial charge in [0.2, 0.25) is 0 Å². The third-order valence-electron chi connectivity index (χ3n) is 5.64. The number of methoxy groups -OCH3 is 1. The number of amides is 1. The molecule has 0 unspecified atom stereocenters. The number of anilines is 1. The lowest BCUT2D eigenvalue weighted by molar-refractivity contribution is 0.102. The van der Waals surface area contributed by atoms with Crippen molar-refractivity contribution in [1.82, 2.24) is 0 Å². The molecule has 4 aromatic rings. The maximum atomic E-state index is 13.2. The number of aryl methyl sites for hydroxylation is 2. The molecule has 1 N–H and O–H groups in total. The molecule has 0 aliphatic rings. The van der Waals surface area contributed by atoms with E-state index in [0.717, 1.165) is 22.4 Å². The fourth-order valence-corrected chi connectivity index (χ4v) is 4.13. The molecule has 6 heteroatoms. The summed E-state index contributed by atoms with van der Waals surface area (Å²) < 4.78 is 11.5. The number of nitrogens with one attached hydrogen (secondary N) is 1. The third kappa shape index (κ3) is 5.93. The Kier molecular flexibility index (Phi) is 7.71. The van der Waals surface area contributed by atoms with Crippen molar-refractivity contribution in [2.24, 2.45) is 0 Å². The van der Waals surface area contributed by atoms with Crippen LogP contribution in [-0.2, 0) is 6.61 Å². The van der Waals surface area contributed by atoms with Gasteiger partial charge in [0.15, 0.2) is 5.78 Å². The van der Waals surface area contributed by atoms with E-state index in [1.807, 2.05) is 32.0 Å². The third-order valence-corrected chi connectivity index (χ3v) is 5.88. The molecule has 4 aromatic carbocycles. The van der Waals surface area contributed by atoms with Crippen LogP contribution in [0.25, 0.3) is 0 Å². The van der Waals surface area contributed by atoms with Gasteiger partial charge in [-0.1, -0.05) is 48.0 Å². The topological polar surface area (TPSA) is 64.6 Å². The second-order valence-electron chi connectivity index (χ2n) is 8.48. The number of ether oxygens (including phenoxy) is 2. The zero-order valence-electron chi connectivity index (χ0n) is 20.3. The molecule has 0 fully saturated rings. The fraction of sp³-hybridized carbons (Fsp3) is 0.133. The maximum Gasteiger partial charge on any atom is 0.255 e. The summed E-state index contributed by atoms with van der Waals surface area (Å²) in [5, 5.41) is 3.26. The van der Waals surface area contributed by atoms with Gasteiger partial charge in [-0.05, 0) is 73.5 Å². The van der Waals surface area contributed by atoms with Gasteiger partial charge < -0.3 is 14.8 Å². The SMILES string of the molecule is COc1ccc(C(=O)Nc2ccc(Cl)cc2C(=O)c2ccccc2)cc1COc1cc(C)cc(C)c1. The Morgan fingerprint density at radius 1 is 0.833 bits per heavy atom. The molecule has 5 nitrogen and oxygen atoms in total. The summed E-state index contributed by atoms with van der Waals surface area (Å²) in [4.78, 5) is 26.3. The van der Waals surface area contributed by atoms with Crippen molar-refractivity contribution in [3.05, 3.63) is 123 Å². The Hall–Kier alpha value is -4.09. The molecule has 0 aromatic heterocycles. The minimum absolute atomic E-state index is 0.228. The first-order valence-corrected chi connectivity index (χ1v) is 11.8. The highest BCUT2D eigenvalue weighted by Gasteiger charge is 2.18. The van der Waals surface area contributed by atoms with Crippen molar-refractivity contribution in [1.29, 1.82) is 0 Å². The van der Waals surface area contributed by atoms with Crippen molar-refractivity contribution in [2.45, 2.75) is 20.5 Å². The molecule has 1 amide bonds. The van der Waals surface area contributed by atoms with Crippen molar-refractivity contribution in [3.63, 3.8) is 0 Å². The quantitative estimate of drug-likeness (QED) is 0.264. The van der Waals surface area contributed by atoms with Crippen LogP contribution in [0.2, 0.25) is 5.02 Å². The number of carbonyl (C=O) groups is 2. The first-order valence-electron chi connectivity index (χ1n) is 11.4. The summed E-state index contributed by atoms with van der Waals surface area (Å²) in [5.74, 6) is 0.761. The predicted molar refractivity (Wildman–Crippen MR) is 143 cm³/mol. The second-order valence-corrected chi connectivity index (χ2v) is 8.91. The first kappa shape index (κ1) is 25.0. The molecular formula is C30H26ClNO4. The van der Waals surface area contributed by atoms with Gasteiger partial charge in [-0.15, -0.1) is 0 Å². The van der Waals surface area contributed by atoms with E-state index in [-0.39, 0.29) is 18.3 Å². The number of hydrogen-bond acceptors (Lipinski definition) is 4. The fourth-order valence-electron chi connectivity index (χ4n) is 3.96. The van der Waals surface area contributed by atoms with Gasteiger partial charge in [0.25, 0.3) is 5.91 Å². The highest BCUT2D eigenvalue weighted by Crippen LogP contribution is 2.27. The lowest BCUT2D eigenvalue weighted by Crippen LogP contribution is -2.16. The Balaban J connectivity index is 1.57. The molecule has 0 saturated carbocycles. The lowest BCUT2D eigenvalue weighted by atomic mass is 10.0. The molecule has 4 rings (SSSR count). The maximum absolute atomic E-state index is 13.2. The van der Waals surface area contributed by atoms with Crippen molar-refractivity contribution in [2.75, 3.05) is 12.4 Å². The van der Waals surface area contributed by atoms with E-state index in [2.05, 4.69) is 11.4 Å². The van der Waals surface area contributed by atoms with Crippen LogP contribution in [0.5, 0.6) is 11.5 Å². The van der Waals surface area contributed by atoms with Gasteiger partial charge >= 0.3 is 0 Å². The van der Waals surface area contributed by atoms with Crippen LogP contribution in [-0.4, -0.2) is 18.8 Å². The Morgan fingerprint density at radius 2 is 1.56 bits per heavy atom. The predicted octanol–water partition coefficient (Wildman–Crippen LogP) is 7.03. The van der Waals surface area contributed by atoms with E-state index in [0.29, 0.717) is 33.1 Å². The number of carbonyl (C=O) groups excluding carboxylic acids is 2. The molecular weight excluding hydrogens is 474 g/mol. The van der Waals surface area contributed by atoms with E-state index in [1.54, 1.807) is 67.8 Å². The standard InChI is InChI=1S/C30H26ClNO4/c1-19-13-20(2)15-25(14-19)36-18-23-16-22(9-12-28(23)35-3)30(34)32-27-11-10-24(31)17-26(27)29(33)21-7-5-4-6-8-21/h4-17H,18H2,1-3H3,(H,32,34). The molecule has 0 saturated heterocycles. The lowest BCUT2D eigenvalue weighted by Gasteiger charge is -2.14. The smallest absolute Gasteiger partial charge is 0.255 e. The summed E-state index contributed by atoms with van der Waals surface area (Å²) >= 11 is 6.17. The number of ketones is 1. The molecule has 0 spiro atoms. The molecule has 36 heavy (non-hydrogen) atoms. The van der Waals surface area contributed by atoms with Gasteiger partial charge in [-0.2, -0.15) is 0 Å². The second kappa shape index (κ2) is 11.1. The van der Waals surface area contributed by atoms with Gasteiger partial charge in [-0.25, -0.2) is 0 Å². The summed E-state index contributed by atoms with van der Waals surface area (Å²) in [5.41, 5.74) is 4.54. The summed E-state index contributed by atoms with van der Waals surface area (Å²) in [6, 6.07) is 24.8. The number of benzene rings is 4. The van der Waals surface area contributed by atoms with Crippen LogP contribution in [0.4, 0.5) is 5.69 Å². The van der Waals surface area contributed by atoms with Crippen molar-refractivity contribution < 1.29 is 19.1 Å². The molecule has 0 radical (unpaired) electrons. The largest absolute Gasteiger partial charge is 0.496 e. The molecule has 182 valence electrons. The molecule has 0 aliphatic heterocycles. The Labute approximate surface area is 215 Å². The van der Waals surface area contributed by atoms with E-state index in [9.17, 15) is 9.59 Å². The summed E-state index contributed by atoms with van der Waals surface area (Å²) in [6.07, 6.45) is 0. The highest BCUT2D eigenvalue weighted by atomic mass is 35.5. The first-order chi connectivity index (χ1) is 17.3. The van der Waals surface area contributed by atoms with E-state index < -0.39 is 0 Å². The monoisotopic (exact) mass is 499 g/mol. The van der Waals surface area contributed by atoms with Gasteiger partial charge in [-0.3, -0.25) is 9.59 Å². The van der Waals surface area contributed by atoms with E-state index in [1.165, 1.54) is 0 Å². The van der Waals surface area contributed by atoms with Gasteiger partial charge in [0.1, 0.15) is 18.1 Å². The zero-order valence-corrected chi connectivity index (χ0v) is 21.1. The minimum Gasteiger partial charge on any atom is -0.496 e. The number of rotatable bonds is 8. The van der Waals surface area contributed by atoms with Crippen LogP contribution >= 0.6 is 11.6 Å². The molecule has 0 bridgehead atoms. The Bertz CT molecular complexity index is 1400. The zero-order chi connectivity index (χ0) is 25.7. The van der Waals surface area contributed by atoms with Gasteiger partial charge in [0.05, 0.1) is 12.8 Å². The van der Waals surface area contributed by atoms with Crippen LogP contribution in [0.3, 0.4) is 0 Å². The molecule has 0 aliphatic carbocycles. The normalized spacial score (nSPS) is 10.6. The van der Waals surface area contributed by atoms with Crippen LogP contribution in [0.15, 0.2) is 84.9 Å². The summed E-state index contributed by atoms with van der Waals surface area (Å²) in [7, 11) is 1.57. The van der Waals surface area contributed by atoms with Crippen molar-refractivity contribution >= 4 is 29.0 Å². The average molecular weight is 500 g/mol. The van der Waals surface area contributed by atoms with E-state index >= 15 is 0 Å². The van der Waals surface area contributed by atoms with Crippen LogP contribution in [0.1, 0.15) is 43.0 Å². The van der Waals surface area contributed by atoms with Crippen LogP contribution < -0.4 is 14.8 Å². The van der Waals surface area contributed by atoms with Gasteiger partial charge in [0, 0.05) is 27.3 Å². The Morgan fingerprint density at radius 3 is 2.25 bits per heavy atom.